The molecule has 6 heteroatoms. The molecule has 0 spiro atoms. The normalized spacial score (nSPS) is 11.4. The Labute approximate surface area is 187 Å². The second-order valence-corrected chi connectivity index (χ2v) is 8.10. The fourth-order valence-corrected chi connectivity index (χ4v) is 4.16. The van der Waals surface area contributed by atoms with E-state index < -0.39 is 5.25 Å². The van der Waals surface area contributed by atoms with Crippen LogP contribution in [0.1, 0.15) is 30.6 Å². The van der Waals surface area contributed by atoms with Gasteiger partial charge in [-0.1, -0.05) is 55.5 Å². The zero-order chi connectivity index (χ0) is 22.1. The molecular formula is C25H26N2O3S. The zero-order valence-corrected chi connectivity index (χ0v) is 18.4. The first kappa shape index (κ1) is 22.4. The first-order chi connectivity index (χ1) is 15.1. The summed E-state index contributed by atoms with van der Waals surface area (Å²) in [7, 11) is 1.58. The summed E-state index contributed by atoms with van der Waals surface area (Å²) in [5, 5.41) is 5.42. The number of para-hydroxylation sites is 2. The minimum absolute atomic E-state index is 0.0156. The van der Waals surface area contributed by atoms with E-state index in [2.05, 4.69) is 10.6 Å². The third-order valence-electron chi connectivity index (χ3n) is 4.55. The van der Waals surface area contributed by atoms with Gasteiger partial charge in [0.25, 0.3) is 0 Å². The predicted octanol–water partition coefficient (Wildman–Crippen LogP) is 5.91. The first-order valence-corrected chi connectivity index (χ1v) is 11.0. The number of anilines is 2. The van der Waals surface area contributed by atoms with Crippen molar-refractivity contribution < 1.29 is 14.3 Å². The summed E-state index contributed by atoms with van der Waals surface area (Å²) in [6.45, 7) is 1.97. The van der Waals surface area contributed by atoms with E-state index in [9.17, 15) is 9.59 Å². The molecule has 0 bridgehead atoms. The Morgan fingerprint density at radius 1 is 0.935 bits per heavy atom. The van der Waals surface area contributed by atoms with Gasteiger partial charge in [-0.25, -0.2) is 0 Å². The number of amides is 2. The molecule has 5 nitrogen and oxygen atoms in total. The Balaban J connectivity index is 1.83. The number of ether oxygens (including phenoxy) is 1. The van der Waals surface area contributed by atoms with Gasteiger partial charge < -0.3 is 15.4 Å². The topological polar surface area (TPSA) is 67.4 Å². The van der Waals surface area contributed by atoms with Crippen molar-refractivity contribution in [1.82, 2.24) is 0 Å². The molecule has 3 aromatic rings. The van der Waals surface area contributed by atoms with Crippen molar-refractivity contribution in [2.24, 2.45) is 0 Å². The lowest BCUT2D eigenvalue weighted by atomic mass is 10.1. The summed E-state index contributed by atoms with van der Waals surface area (Å²) in [5.41, 5.74) is 2.23. The molecular weight excluding hydrogens is 408 g/mol. The van der Waals surface area contributed by atoms with Crippen LogP contribution >= 0.6 is 11.8 Å². The van der Waals surface area contributed by atoms with Gasteiger partial charge in [0.2, 0.25) is 11.8 Å². The van der Waals surface area contributed by atoms with E-state index in [0.717, 1.165) is 22.6 Å². The molecule has 0 saturated heterocycles. The van der Waals surface area contributed by atoms with Crippen LogP contribution in [0, 0.1) is 0 Å². The average molecular weight is 435 g/mol. The highest BCUT2D eigenvalue weighted by atomic mass is 32.2. The van der Waals surface area contributed by atoms with Crippen LogP contribution in [-0.2, 0) is 9.59 Å². The Bertz CT molecular complexity index is 1020. The van der Waals surface area contributed by atoms with Crippen molar-refractivity contribution in [3.8, 4) is 5.75 Å². The molecule has 3 rings (SSSR count). The SMILES string of the molecule is CCCC(=O)Nc1cccc(SC(C(=O)Nc2ccccc2OC)c2ccccc2)c1. The fraction of sp³-hybridized carbons (Fsp3) is 0.200. The number of hydrogen-bond donors (Lipinski definition) is 2. The van der Waals surface area contributed by atoms with E-state index in [0.29, 0.717) is 17.9 Å². The van der Waals surface area contributed by atoms with E-state index in [1.165, 1.54) is 11.8 Å². The summed E-state index contributed by atoms with van der Waals surface area (Å²) in [5.74, 6) is 0.438. The molecule has 1 atom stereocenters. The van der Waals surface area contributed by atoms with E-state index in [-0.39, 0.29) is 11.8 Å². The van der Waals surface area contributed by atoms with Crippen LogP contribution in [-0.4, -0.2) is 18.9 Å². The Morgan fingerprint density at radius 2 is 1.68 bits per heavy atom. The lowest BCUT2D eigenvalue weighted by Crippen LogP contribution is -2.19. The minimum Gasteiger partial charge on any atom is -0.495 e. The molecule has 2 N–H and O–H groups in total. The van der Waals surface area contributed by atoms with Crippen LogP contribution in [0.15, 0.2) is 83.8 Å². The first-order valence-electron chi connectivity index (χ1n) is 10.2. The lowest BCUT2D eigenvalue weighted by molar-refractivity contribution is -0.116. The van der Waals surface area contributed by atoms with Crippen LogP contribution in [0.4, 0.5) is 11.4 Å². The molecule has 31 heavy (non-hydrogen) atoms. The maximum atomic E-state index is 13.3. The summed E-state index contributed by atoms with van der Waals surface area (Å²) >= 11 is 1.43. The fourth-order valence-electron chi connectivity index (χ4n) is 3.08. The molecule has 0 saturated carbocycles. The second kappa shape index (κ2) is 11.2. The van der Waals surface area contributed by atoms with E-state index in [4.69, 9.17) is 4.74 Å². The number of thioether (sulfide) groups is 1. The maximum Gasteiger partial charge on any atom is 0.242 e. The van der Waals surface area contributed by atoms with Gasteiger partial charge in [-0.2, -0.15) is 0 Å². The maximum absolute atomic E-state index is 13.3. The van der Waals surface area contributed by atoms with Crippen molar-refractivity contribution >= 4 is 35.0 Å². The van der Waals surface area contributed by atoms with Crippen LogP contribution < -0.4 is 15.4 Å². The van der Waals surface area contributed by atoms with Gasteiger partial charge in [0.15, 0.2) is 0 Å². The van der Waals surface area contributed by atoms with Crippen molar-refractivity contribution in [2.75, 3.05) is 17.7 Å². The molecule has 3 aromatic carbocycles. The molecule has 0 heterocycles. The van der Waals surface area contributed by atoms with Gasteiger partial charge in [0.1, 0.15) is 11.0 Å². The van der Waals surface area contributed by atoms with Gasteiger partial charge in [0.05, 0.1) is 12.8 Å². The molecule has 0 aliphatic heterocycles. The molecule has 1 unspecified atom stereocenters. The standard InChI is InChI=1S/C25H26N2O3S/c1-3-10-23(28)26-19-13-9-14-20(17-19)31-24(18-11-5-4-6-12-18)25(29)27-21-15-7-8-16-22(21)30-2/h4-9,11-17,24H,3,10H2,1-2H3,(H,26,28)(H,27,29). The van der Waals surface area contributed by atoms with E-state index in [1.807, 2.05) is 85.8 Å². The highest BCUT2D eigenvalue weighted by molar-refractivity contribution is 8.00. The zero-order valence-electron chi connectivity index (χ0n) is 17.6. The van der Waals surface area contributed by atoms with E-state index >= 15 is 0 Å². The second-order valence-electron chi connectivity index (χ2n) is 6.92. The highest BCUT2D eigenvalue weighted by Gasteiger charge is 2.23. The van der Waals surface area contributed by atoms with Crippen LogP contribution in [0.25, 0.3) is 0 Å². The summed E-state index contributed by atoms with van der Waals surface area (Å²) in [6.07, 6.45) is 1.27. The van der Waals surface area contributed by atoms with Crippen molar-refractivity contribution in [3.05, 3.63) is 84.4 Å². The smallest absolute Gasteiger partial charge is 0.242 e. The van der Waals surface area contributed by atoms with Crippen molar-refractivity contribution in [2.45, 2.75) is 29.9 Å². The third kappa shape index (κ3) is 6.36. The number of hydrogen-bond acceptors (Lipinski definition) is 4. The van der Waals surface area contributed by atoms with Gasteiger partial charge >= 0.3 is 0 Å². The number of methoxy groups -OCH3 is 1. The number of rotatable bonds is 9. The molecule has 2 amide bonds. The van der Waals surface area contributed by atoms with Crippen LogP contribution in [0.5, 0.6) is 5.75 Å². The van der Waals surface area contributed by atoms with Crippen molar-refractivity contribution in [1.29, 1.82) is 0 Å². The summed E-state index contributed by atoms with van der Waals surface area (Å²) < 4.78 is 5.36. The molecule has 0 aliphatic carbocycles. The Morgan fingerprint density at radius 3 is 2.42 bits per heavy atom. The molecule has 0 radical (unpaired) electrons. The Kier molecular flexibility index (Phi) is 8.12. The minimum atomic E-state index is -0.479. The predicted molar refractivity (Wildman–Crippen MR) is 127 cm³/mol. The quantitative estimate of drug-likeness (QED) is 0.411. The number of carbonyl (C=O) groups is 2. The van der Waals surface area contributed by atoms with Crippen LogP contribution in [0.2, 0.25) is 0 Å². The van der Waals surface area contributed by atoms with Gasteiger partial charge in [0, 0.05) is 17.0 Å². The highest BCUT2D eigenvalue weighted by Crippen LogP contribution is 2.38. The van der Waals surface area contributed by atoms with Crippen molar-refractivity contribution in [3.63, 3.8) is 0 Å². The summed E-state index contributed by atoms with van der Waals surface area (Å²) in [4.78, 5) is 26.1. The van der Waals surface area contributed by atoms with Gasteiger partial charge in [-0.15, -0.1) is 11.8 Å². The molecule has 0 aliphatic rings. The monoisotopic (exact) mass is 434 g/mol. The number of carbonyl (C=O) groups excluding carboxylic acids is 2. The lowest BCUT2D eigenvalue weighted by Gasteiger charge is -2.18. The number of nitrogens with one attached hydrogen (secondary N) is 2. The molecule has 0 aromatic heterocycles. The van der Waals surface area contributed by atoms with Gasteiger partial charge in [-0.05, 0) is 42.3 Å². The van der Waals surface area contributed by atoms with E-state index in [1.54, 1.807) is 7.11 Å². The van der Waals surface area contributed by atoms with Crippen LogP contribution in [0.3, 0.4) is 0 Å². The third-order valence-corrected chi connectivity index (χ3v) is 5.80. The largest absolute Gasteiger partial charge is 0.495 e. The molecule has 0 fully saturated rings. The number of benzene rings is 3. The summed E-state index contributed by atoms with van der Waals surface area (Å²) in [6, 6.07) is 24.5. The average Bonchev–Trinajstić information content (AvgIpc) is 2.79. The Hall–Kier alpha value is -3.25. The molecule has 160 valence electrons. The van der Waals surface area contributed by atoms with Gasteiger partial charge in [-0.3, -0.25) is 9.59 Å².